The second kappa shape index (κ2) is 7.11. The van der Waals surface area contributed by atoms with Crippen LogP contribution in [0.15, 0.2) is 29.3 Å². The van der Waals surface area contributed by atoms with Crippen LogP contribution in [0.1, 0.15) is 23.7 Å². The molecule has 1 amide bonds. The van der Waals surface area contributed by atoms with Crippen molar-refractivity contribution in [2.45, 2.75) is 25.5 Å². The molecule has 2 aromatic rings. The Kier molecular flexibility index (Phi) is 4.92. The molecule has 24 heavy (non-hydrogen) atoms. The molecule has 1 aromatic heterocycles. The number of nitrogens with one attached hydrogen (secondary N) is 1. The van der Waals surface area contributed by atoms with Gasteiger partial charge in [-0.15, -0.1) is 0 Å². The standard InChI is InChI=1S/C17H21N3O4/c1-3-24-15-9-23-7-6-13(15)19-16(21)11-4-5-12-14(8-11)18-10-20(2)17(12)22/h4-5,8,10,13,15H,3,6-7,9H2,1-2H3,(H,19,21)/t13-,15-/m1/s1. The zero-order chi connectivity index (χ0) is 17.1. The Hall–Kier alpha value is -2.25. The highest BCUT2D eigenvalue weighted by Crippen LogP contribution is 2.14. The highest BCUT2D eigenvalue weighted by Gasteiger charge is 2.28. The summed E-state index contributed by atoms with van der Waals surface area (Å²) in [6, 6.07) is 4.85. The summed E-state index contributed by atoms with van der Waals surface area (Å²) < 4.78 is 12.5. The first-order valence-electron chi connectivity index (χ1n) is 8.05. The number of fused-ring (bicyclic) bond motifs is 1. The molecule has 1 aliphatic rings. The van der Waals surface area contributed by atoms with Gasteiger partial charge < -0.3 is 19.4 Å². The lowest BCUT2D eigenvalue weighted by Crippen LogP contribution is -2.50. The Labute approximate surface area is 139 Å². The van der Waals surface area contributed by atoms with Gasteiger partial charge in [0.15, 0.2) is 0 Å². The molecule has 2 atom stereocenters. The Morgan fingerprint density at radius 3 is 3.12 bits per heavy atom. The maximum absolute atomic E-state index is 12.5. The number of amides is 1. The van der Waals surface area contributed by atoms with Crippen LogP contribution in [-0.2, 0) is 16.5 Å². The van der Waals surface area contributed by atoms with Crippen LogP contribution in [0.25, 0.3) is 10.9 Å². The quantitative estimate of drug-likeness (QED) is 0.898. The number of aromatic nitrogens is 2. The minimum atomic E-state index is -0.198. The summed E-state index contributed by atoms with van der Waals surface area (Å²) in [6.45, 7) is 3.57. The van der Waals surface area contributed by atoms with Crippen molar-refractivity contribution in [1.82, 2.24) is 14.9 Å². The fourth-order valence-electron chi connectivity index (χ4n) is 2.86. The van der Waals surface area contributed by atoms with Crippen molar-refractivity contribution < 1.29 is 14.3 Å². The van der Waals surface area contributed by atoms with Crippen molar-refractivity contribution >= 4 is 16.8 Å². The largest absolute Gasteiger partial charge is 0.379 e. The minimum Gasteiger partial charge on any atom is -0.379 e. The van der Waals surface area contributed by atoms with Gasteiger partial charge in [-0.3, -0.25) is 9.59 Å². The van der Waals surface area contributed by atoms with Gasteiger partial charge in [-0.05, 0) is 31.5 Å². The number of aryl methyl sites for hydroxylation is 1. The third kappa shape index (κ3) is 3.32. The fourth-order valence-corrected chi connectivity index (χ4v) is 2.86. The Bertz CT molecular complexity index is 800. The lowest BCUT2D eigenvalue weighted by Gasteiger charge is -2.31. The van der Waals surface area contributed by atoms with E-state index in [4.69, 9.17) is 9.47 Å². The number of rotatable bonds is 4. The highest BCUT2D eigenvalue weighted by molar-refractivity contribution is 5.97. The molecule has 1 aliphatic heterocycles. The van der Waals surface area contributed by atoms with Crippen LogP contribution in [0.3, 0.4) is 0 Å². The van der Waals surface area contributed by atoms with E-state index in [0.717, 1.165) is 0 Å². The van der Waals surface area contributed by atoms with E-state index in [1.54, 1.807) is 25.2 Å². The fraction of sp³-hybridized carbons (Fsp3) is 0.471. The van der Waals surface area contributed by atoms with Gasteiger partial charge in [0.1, 0.15) is 6.10 Å². The van der Waals surface area contributed by atoms with Crippen LogP contribution < -0.4 is 10.9 Å². The van der Waals surface area contributed by atoms with Crippen molar-refractivity contribution in [3.8, 4) is 0 Å². The summed E-state index contributed by atoms with van der Waals surface area (Å²) in [5.41, 5.74) is 0.858. The predicted molar refractivity (Wildman–Crippen MR) is 89.1 cm³/mol. The molecule has 1 saturated heterocycles. The number of carbonyl (C=O) groups excluding carboxylic acids is 1. The van der Waals surface area contributed by atoms with Gasteiger partial charge in [0.25, 0.3) is 11.5 Å². The molecule has 0 spiro atoms. The lowest BCUT2D eigenvalue weighted by molar-refractivity contribution is -0.0632. The van der Waals surface area contributed by atoms with E-state index in [0.29, 0.717) is 42.7 Å². The maximum atomic E-state index is 12.5. The first-order chi connectivity index (χ1) is 11.6. The number of carbonyl (C=O) groups is 1. The second-order valence-corrected chi connectivity index (χ2v) is 5.83. The van der Waals surface area contributed by atoms with Gasteiger partial charge in [0.05, 0.1) is 29.9 Å². The predicted octanol–water partition coefficient (Wildman–Crippen LogP) is 0.857. The monoisotopic (exact) mass is 331 g/mol. The van der Waals surface area contributed by atoms with Crippen LogP contribution >= 0.6 is 0 Å². The highest BCUT2D eigenvalue weighted by atomic mass is 16.5. The number of nitrogens with zero attached hydrogens (tertiary/aromatic N) is 2. The molecule has 2 heterocycles. The van der Waals surface area contributed by atoms with Gasteiger partial charge in [-0.25, -0.2) is 4.98 Å². The van der Waals surface area contributed by atoms with Crippen LogP contribution in [-0.4, -0.2) is 47.4 Å². The molecule has 0 radical (unpaired) electrons. The summed E-state index contributed by atoms with van der Waals surface area (Å²) >= 11 is 0. The molecule has 7 nitrogen and oxygen atoms in total. The average molecular weight is 331 g/mol. The topological polar surface area (TPSA) is 82.5 Å². The number of hydrogen-bond acceptors (Lipinski definition) is 5. The summed E-state index contributed by atoms with van der Waals surface area (Å²) in [7, 11) is 1.65. The number of benzene rings is 1. The number of ether oxygens (including phenoxy) is 2. The maximum Gasteiger partial charge on any atom is 0.260 e. The Morgan fingerprint density at radius 1 is 1.50 bits per heavy atom. The van der Waals surface area contributed by atoms with Gasteiger partial charge in [0, 0.05) is 25.8 Å². The van der Waals surface area contributed by atoms with E-state index < -0.39 is 0 Å². The normalized spacial score (nSPS) is 20.9. The van der Waals surface area contributed by atoms with Crippen LogP contribution in [0.2, 0.25) is 0 Å². The zero-order valence-electron chi connectivity index (χ0n) is 13.8. The van der Waals surface area contributed by atoms with Crippen molar-refractivity contribution in [3.63, 3.8) is 0 Å². The summed E-state index contributed by atoms with van der Waals surface area (Å²) in [5.74, 6) is -0.198. The third-order valence-electron chi connectivity index (χ3n) is 4.18. The molecule has 0 saturated carbocycles. The van der Waals surface area contributed by atoms with E-state index >= 15 is 0 Å². The van der Waals surface area contributed by atoms with Crippen molar-refractivity contribution in [2.24, 2.45) is 7.05 Å². The zero-order valence-corrected chi connectivity index (χ0v) is 13.8. The van der Waals surface area contributed by atoms with Gasteiger partial charge >= 0.3 is 0 Å². The first kappa shape index (κ1) is 16.6. The summed E-state index contributed by atoms with van der Waals surface area (Å²) in [6.07, 6.45) is 2.03. The summed E-state index contributed by atoms with van der Waals surface area (Å²) in [5, 5.41) is 3.50. The molecule has 1 aromatic carbocycles. The molecular weight excluding hydrogens is 310 g/mol. The molecule has 0 bridgehead atoms. The summed E-state index contributed by atoms with van der Waals surface area (Å²) in [4.78, 5) is 28.8. The van der Waals surface area contributed by atoms with Gasteiger partial charge in [-0.2, -0.15) is 0 Å². The smallest absolute Gasteiger partial charge is 0.260 e. The average Bonchev–Trinajstić information content (AvgIpc) is 2.60. The van der Waals surface area contributed by atoms with E-state index in [2.05, 4.69) is 10.3 Å². The van der Waals surface area contributed by atoms with Gasteiger partial charge in [-0.1, -0.05) is 0 Å². The van der Waals surface area contributed by atoms with Crippen LogP contribution in [0.5, 0.6) is 0 Å². The first-order valence-corrected chi connectivity index (χ1v) is 8.05. The Morgan fingerprint density at radius 2 is 2.33 bits per heavy atom. The SMILES string of the molecule is CCO[C@@H]1COCC[C@H]1NC(=O)c1ccc2c(=O)n(C)cnc2c1. The van der Waals surface area contributed by atoms with Gasteiger partial charge in [0.2, 0.25) is 0 Å². The van der Waals surface area contributed by atoms with E-state index in [1.165, 1.54) is 10.9 Å². The molecule has 3 rings (SSSR count). The Balaban J connectivity index is 1.80. The second-order valence-electron chi connectivity index (χ2n) is 5.83. The molecule has 1 fully saturated rings. The number of hydrogen-bond donors (Lipinski definition) is 1. The van der Waals surface area contributed by atoms with E-state index in [-0.39, 0.29) is 23.6 Å². The molecular formula is C17H21N3O4. The molecule has 128 valence electrons. The molecule has 1 N–H and O–H groups in total. The van der Waals surface area contributed by atoms with E-state index in [1.807, 2.05) is 6.92 Å². The van der Waals surface area contributed by atoms with Crippen molar-refractivity contribution in [3.05, 3.63) is 40.4 Å². The minimum absolute atomic E-state index is 0.0847. The van der Waals surface area contributed by atoms with E-state index in [9.17, 15) is 9.59 Å². The third-order valence-corrected chi connectivity index (χ3v) is 4.18. The van der Waals surface area contributed by atoms with Crippen LogP contribution in [0.4, 0.5) is 0 Å². The van der Waals surface area contributed by atoms with Crippen molar-refractivity contribution in [1.29, 1.82) is 0 Å². The molecule has 0 unspecified atom stereocenters. The molecule has 7 heteroatoms. The lowest BCUT2D eigenvalue weighted by atomic mass is 10.0. The van der Waals surface area contributed by atoms with Crippen molar-refractivity contribution in [2.75, 3.05) is 19.8 Å². The molecule has 0 aliphatic carbocycles. The van der Waals surface area contributed by atoms with Crippen LogP contribution in [0, 0.1) is 0 Å².